The molecular weight excluding hydrogens is 459 g/mol. The molecule has 0 spiro atoms. The summed E-state index contributed by atoms with van der Waals surface area (Å²) in [6.07, 6.45) is 2.44. The van der Waals surface area contributed by atoms with Crippen molar-refractivity contribution in [2.45, 2.75) is 82.8 Å². The molecule has 7 rings (SSSR count). The minimum atomic E-state index is -4.10. The lowest BCUT2D eigenvalue weighted by molar-refractivity contribution is -0.227. The molecule has 7 nitrogen and oxygen atoms in total. The highest BCUT2D eigenvalue weighted by Gasteiger charge is 2.70. The van der Waals surface area contributed by atoms with Gasteiger partial charge in [0.25, 0.3) is 0 Å². The van der Waals surface area contributed by atoms with Gasteiger partial charge in [-0.05, 0) is 50.2 Å². The SMILES string of the molecule is Cc1cc(C23CC(NCC4(C(F)(F)F)CC4)(C2)C3)cnc1-c1cn(CC2OCC(C)(C)CO2)nn1. The minimum Gasteiger partial charge on any atom is -0.350 e. The average Bonchev–Trinajstić information content (AvgIpc) is 3.40. The van der Waals surface area contributed by atoms with Gasteiger partial charge in [-0.1, -0.05) is 25.1 Å². The molecule has 3 heterocycles. The topological polar surface area (TPSA) is 74.1 Å². The number of alkyl halides is 3. The van der Waals surface area contributed by atoms with E-state index in [1.54, 1.807) is 4.68 Å². The average molecular weight is 492 g/mol. The molecule has 5 aliphatic rings. The Balaban J connectivity index is 1.07. The van der Waals surface area contributed by atoms with E-state index in [9.17, 15) is 13.2 Å². The van der Waals surface area contributed by atoms with Gasteiger partial charge in [0.05, 0.1) is 37.1 Å². The lowest BCUT2D eigenvalue weighted by Gasteiger charge is -2.71. The van der Waals surface area contributed by atoms with Crippen molar-refractivity contribution in [3.8, 4) is 11.4 Å². The Hall–Kier alpha value is -2.04. The van der Waals surface area contributed by atoms with Gasteiger partial charge >= 0.3 is 6.18 Å². The number of nitrogens with zero attached hydrogens (tertiary/aromatic N) is 4. The van der Waals surface area contributed by atoms with E-state index in [1.807, 2.05) is 19.3 Å². The second-order valence-electron chi connectivity index (χ2n) is 12.2. The Bertz CT molecular complexity index is 1110. The molecule has 35 heavy (non-hydrogen) atoms. The number of ether oxygens (including phenoxy) is 2. The van der Waals surface area contributed by atoms with Crippen LogP contribution in [0.3, 0.4) is 0 Å². The van der Waals surface area contributed by atoms with E-state index >= 15 is 0 Å². The number of hydrogen-bond acceptors (Lipinski definition) is 6. The number of aryl methyl sites for hydroxylation is 1. The molecule has 5 fully saturated rings. The zero-order valence-corrected chi connectivity index (χ0v) is 20.4. The number of rotatable bonds is 7. The number of halogens is 3. The molecule has 1 saturated heterocycles. The molecule has 1 N–H and O–H groups in total. The number of pyridine rings is 1. The normalized spacial score (nSPS) is 31.0. The first-order chi connectivity index (χ1) is 16.4. The van der Waals surface area contributed by atoms with Gasteiger partial charge in [0.2, 0.25) is 0 Å². The van der Waals surface area contributed by atoms with Crippen LogP contribution < -0.4 is 5.32 Å². The summed E-state index contributed by atoms with van der Waals surface area (Å²) >= 11 is 0. The van der Waals surface area contributed by atoms with Gasteiger partial charge in [-0.2, -0.15) is 13.2 Å². The molecule has 0 atom stereocenters. The Morgan fingerprint density at radius 1 is 1.14 bits per heavy atom. The first-order valence-electron chi connectivity index (χ1n) is 12.4. The highest BCUT2D eigenvalue weighted by molar-refractivity contribution is 5.58. The van der Waals surface area contributed by atoms with E-state index in [4.69, 9.17) is 14.5 Å². The summed E-state index contributed by atoms with van der Waals surface area (Å²) in [6.45, 7) is 8.03. The Morgan fingerprint density at radius 3 is 2.43 bits per heavy atom. The van der Waals surface area contributed by atoms with E-state index < -0.39 is 11.6 Å². The molecule has 1 aliphatic heterocycles. The first-order valence-corrected chi connectivity index (χ1v) is 12.4. The zero-order valence-electron chi connectivity index (χ0n) is 20.4. The summed E-state index contributed by atoms with van der Waals surface area (Å²) < 4.78 is 53.0. The number of hydrogen-bond donors (Lipinski definition) is 1. The van der Waals surface area contributed by atoms with Gasteiger partial charge in [0.15, 0.2) is 6.29 Å². The van der Waals surface area contributed by atoms with Crippen molar-refractivity contribution in [2.24, 2.45) is 10.8 Å². The molecule has 0 radical (unpaired) electrons. The van der Waals surface area contributed by atoms with Crippen molar-refractivity contribution in [1.29, 1.82) is 0 Å². The predicted molar refractivity (Wildman–Crippen MR) is 121 cm³/mol. The van der Waals surface area contributed by atoms with Crippen molar-refractivity contribution >= 4 is 0 Å². The third kappa shape index (κ3) is 3.97. The maximum atomic E-state index is 13.2. The number of nitrogens with one attached hydrogen (secondary N) is 1. The minimum absolute atomic E-state index is 0.0192. The van der Waals surface area contributed by atoms with E-state index in [-0.39, 0.29) is 42.0 Å². The quantitative estimate of drug-likeness (QED) is 0.627. The van der Waals surface area contributed by atoms with Crippen LogP contribution >= 0.6 is 0 Å². The Kier molecular flexibility index (Phi) is 5.00. The Morgan fingerprint density at radius 2 is 1.83 bits per heavy atom. The molecule has 190 valence electrons. The van der Waals surface area contributed by atoms with Gasteiger partial charge in [-0.3, -0.25) is 4.98 Å². The molecule has 10 heteroatoms. The second kappa shape index (κ2) is 7.49. The molecule has 2 aromatic rings. The lowest BCUT2D eigenvalue weighted by Crippen LogP contribution is -2.76. The molecule has 0 aromatic carbocycles. The highest BCUT2D eigenvalue weighted by atomic mass is 19.4. The van der Waals surface area contributed by atoms with Crippen molar-refractivity contribution in [3.63, 3.8) is 0 Å². The largest absolute Gasteiger partial charge is 0.395 e. The summed E-state index contributed by atoms with van der Waals surface area (Å²) in [5.41, 5.74) is 2.10. The lowest BCUT2D eigenvalue weighted by atomic mass is 9.37. The molecule has 0 amide bonds. The highest BCUT2D eigenvalue weighted by Crippen LogP contribution is 2.68. The molecule has 2 aromatic heterocycles. The fourth-order valence-corrected chi connectivity index (χ4v) is 5.96. The fourth-order valence-electron chi connectivity index (χ4n) is 5.96. The van der Waals surface area contributed by atoms with Gasteiger partial charge in [0.1, 0.15) is 5.69 Å². The van der Waals surface area contributed by atoms with Crippen LogP contribution in [0, 0.1) is 17.8 Å². The summed E-state index contributed by atoms with van der Waals surface area (Å²) in [6, 6.07) is 2.15. The summed E-state index contributed by atoms with van der Waals surface area (Å²) in [5, 5.41) is 11.8. The van der Waals surface area contributed by atoms with E-state index in [2.05, 4.69) is 35.5 Å². The van der Waals surface area contributed by atoms with Crippen LogP contribution in [0.5, 0.6) is 0 Å². The van der Waals surface area contributed by atoms with Gasteiger partial charge in [-0.15, -0.1) is 5.10 Å². The monoisotopic (exact) mass is 491 g/mol. The van der Waals surface area contributed by atoms with Crippen LogP contribution in [0.25, 0.3) is 11.4 Å². The molecule has 4 saturated carbocycles. The summed E-state index contributed by atoms with van der Waals surface area (Å²) in [7, 11) is 0. The molecular formula is C25H32F3N5O2. The molecule has 4 aliphatic carbocycles. The van der Waals surface area contributed by atoms with E-state index in [0.29, 0.717) is 25.5 Å². The smallest absolute Gasteiger partial charge is 0.350 e. The van der Waals surface area contributed by atoms with Gasteiger partial charge in [0, 0.05) is 29.1 Å². The van der Waals surface area contributed by atoms with Crippen molar-refractivity contribution < 1.29 is 22.6 Å². The fraction of sp³-hybridized carbons (Fsp3) is 0.720. The van der Waals surface area contributed by atoms with Crippen LogP contribution in [-0.4, -0.2) is 57.7 Å². The van der Waals surface area contributed by atoms with Crippen molar-refractivity contribution in [3.05, 3.63) is 29.6 Å². The van der Waals surface area contributed by atoms with Gasteiger partial charge in [-0.25, -0.2) is 4.68 Å². The van der Waals surface area contributed by atoms with Crippen LogP contribution in [-0.2, 0) is 21.4 Å². The Labute approximate surface area is 202 Å². The first kappa shape index (κ1) is 23.4. The van der Waals surface area contributed by atoms with Gasteiger partial charge < -0.3 is 14.8 Å². The van der Waals surface area contributed by atoms with Crippen molar-refractivity contribution in [1.82, 2.24) is 25.3 Å². The van der Waals surface area contributed by atoms with Crippen LogP contribution in [0.15, 0.2) is 18.5 Å². The van der Waals surface area contributed by atoms with E-state index in [1.165, 1.54) is 5.56 Å². The molecule has 2 bridgehead atoms. The summed E-state index contributed by atoms with van der Waals surface area (Å²) in [4.78, 5) is 4.70. The van der Waals surface area contributed by atoms with E-state index in [0.717, 1.165) is 30.5 Å². The third-order valence-electron chi connectivity index (χ3n) is 8.41. The third-order valence-corrected chi connectivity index (χ3v) is 8.41. The standard InChI is InChI=1S/C25H32F3N5O2/c1-16-6-17(22-10-24(11-22,12-22)30-13-23(4-5-23)25(26,27)28)7-29-20(16)18-8-33(32-31-18)9-19-34-14-21(2,3)15-35-19/h6-8,19,30H,4-5,9-15H2,1-3H3. The maximum absolute atomic E-state index is 13.2. The zero-order chi connectivity index (χ0) is 24.7. The van der Waals surface area contributed by atoms with Crippen LogP contribution in [0.4, 0.5) is 13.2 Å². The predicted octanol–water partition coefficient (Wildman–Crippen LogP) is 4.15. The van der Waals surface area contributed by atoms with Crippen molar-refractivity contribution in [2.75, 3.05) is 19.8 Å². The summed E-state index contributed by atoms with van der Waals surface area (Å²) in [5.74, 6) is 0. The van der Waals surface area contributed by atoms with Crippen LogP contribution in [0.2, 0.25) is 0 Å². The second-order valence-corrected chi connectivity index (χ2v) is 12.2. The number of aromatic nitrogens is 4. The molecule has 0 unspecified atom stereocenters. The van der Waals surface area contributed by atoms with Crippen LogP contribution in [0.1, 0.15) is 57.1 Å². The maximum Gasteiger partial charge on any atom is 0.395 e.